The molecule has 0 saturated heterocycles. The fourth-order valence-electron chi connectivity index (χ4n) is 4.98. The van der Waals surface area contributed by atoms with Crippen LogP contribution < -0.4 is 4.74 Å². The number of esters is 1. The lowest BCUT2D eigenvalue weighted by molar-refractivity contribution is -0.134. The van der Waals surface area contributed by atoms with Gasteiger partial charge in [0.1, 0.15) is 0 Å². The van der Waals surface area contributed by atoms with Crippen LogP contribution in [-0.2, 0) is 11.2 Å². The molecule has 0 aliphatic heterocycles. The van der Waals surface area contributed by atoms with Crippen LogP contribution in [0.5, 0.6) is 5.75 Å². The van der Waals surface area contributed by atoms with E-state index in [1.807, 2.05) is 12.1 Å². The predicted molar refractivity (Wildman–Crippen MR) is 167 cm³/mol. The highest BCUT2D eigenvalue weighted by molar-refractivity contribution is 5.72. The minimum Gasteiger partial charge on any atom is -0.423 e. The highest BCUT2D eigenvalue weighted by Gasteiger charge is 2.08. The molecule has 0 amide bonds. The Morgan fingerprint density at radius 1 is 0.700 bits per heavy atom. The van der Waals surface area contributed by atoms with Gasteiger partial charge in [-0.25, -0.2) is 9.97 Å². The standard InChI is InChI=1S/C36H50N2O2/c1-4-6-7-8-9-10-14-17-30-19-21-31(22-20-30)32-23-25-33(26-24-32)36-37-27-34(28-38-36)40-35(39)18-15-12-11-13-16-29(3)5-2/h19-29H,4-18H2,1-3H3/t29-/m0/s1. The van der Waals surface area contributed by atoms with Gasteiger partial charge in [0, 0.05) is 12.0 Å². The summed E-state index contributed by atoms with van der Waals surface area (Å²) in [6.07, 6.45) is 21.1. The summed E-state index contributed by atoms with van der Waals surface area (Å²) in [6, 6.07) is 17.3. The molecule has 0 bridgehead atoms. The monoisotopic (exact) mass is 542 g/mol. The Bertz CT molecular complexity index is 1090. The van der Waals surface area contributed by atoms with Crippen molar-refractivity contribution in [3.05, 3.63) is 66.5 Å². The summed E-state index contributed by atoms with van der Waals surface area (Å²) >= 11 is 0. The van der Waals surface area contributed by atoms with E-state index in [4.69, 9.17) is 4.74 Å². The molecule has 2 aromatic carbocycles. The molecule has 4 nitrogen and oxygen atoms in total. The van der Waals surface area contributed by atoms with Gasteiger partial charge in [-0.2, -0.15) is 0 Å². The zero-order valence-corrected chi connectivity index (χ0v) is 25.2. The van der Waals surface area contributed by atoms with Gasteiger partial charge in [-0.3, -0.25) is 4.79 Å². The molecule has 40 heavy (non-hydrogen) atoms. The zero-order chi connectivity index (χ0) is 28.4. The van der Waals surface area contributed by atoms with Crippen LogP contribution in [0.3, 0.4) is 0 Å². The fourth-order valence-corrected chi connectivity index (χ4v) is 4.98. The smallest absolute Gasteiger partial charge is 0.311 e. The van der Waals surface area contributed by atoms with E-state index in [2.05, 4.69) is 67.1 Å². The SMILES string of the molecule is CCCCCCCCCc1ccc(-c2ccc(-c3ncc(OC(=O)CCCCCC[C@@H](C)CC)cn3)cc2)cc1. The molecule has 0 saturated carbocycles. The Kier molecular flexibility index (Phi) is 14.5. The zero-order valence-electron chi connectivity index (χ0n) is 25.2. The minimum atomic E-state index is -0.212. The number of carbonyl (C=O) groups is 1. The molecule has 0 spiro atoms. The van der Waals surface area contributed by atoms with E-state index >= 15 is 0 Å². The third-order valence-corrected chi connectivity index (χ3v) is 7.88. The topological polar surface area (TPSA) is 52.1 Å². The van der Waals surface area contributed by atoms with Gasteiger partial charge in [-0.1, -0.05) is 140 Å². The number of aryl methyl sites for hydroxylation is 1. The highest BCUT2D eigenvalue weighted by Crippen LogP contribution is 2.25. The average molecular weight is 543 g/mol. The molecule has 0 unspecified atom stereocenters. The molecule has 1 aromatic heterocycles. The van der Waals surface area contributed by atoms with Gasteiger partial charge in [0.05, 0.1) is 12.4 Å². The summed E-state index contributed by atoms with van der Waals surface area (Å²) in [5.74, 6) is 1.61. The van der Waals surface area contributed by atoms with Gasteiger partial charge < -0.3 is 4.74 Å². The Labute approximate surface area is 243 Å². The van der Waals surface area contributed by atoms with Gasteiger partial charge >= 0.3 is 5.97 Å². The number of carbonyl (C=O) groups excluding carboxylic acids is 1. The van der Waals surface area contributed by atoms with Crippen LogP contribution in [0.15, 0.2) is 60.9 Å². The summed E-state index contributed by atoms with van der Waals surface area (Å²) in [6.45, 7) is 6.81. The van der Waals surface area contributed by atoms with Crippen molar-refractivity contribution in [2.24, 2.45) is 5.92 Å². The largest absolute Gasteiger partial charge is 0.423 e. The maximum atomic E-state index is 12.2. The van der Waals surface area contributed by atoms with Crippen LogP contribution in [0.25, 0.3) is 22.5 Å². The summed E-state index contributed by atoms with van der Waals surface area (Å²) in [4.78, 5) is 21.0. The first-order valence-electron chi connectivity index (χ1n) is 15.8. The van der Waals surface area contributed by atoms with Crippen LogP contribution >= 0.6 is 0 Å². The molecule has 1 heterocycles. The van der Waals surface area contributed by atoms with Crippen LogP contribution in [0.1, 0.15) is 116 Å². The first-order chi connectivity index (χ1) is 19.6. The number of ether oxygens (including phenoxy) is 1. The van der Waals surface area contributed by atoms with Crippen molar-refractivity contribution in [2.75, 3.05) is 0 Å². The van der Waals surface area contributed by atoms with E-state index in [0.29, 0.717) is 18.0 Å². The molecule has 3 rings (SSSR count). The van der Waals surface area contributed by atoms with Crippen LogP contribution in [0, 0.1) is 5.92 Å². The minimum absolute atomic E-state index is 0.212. The molecule has 0 fully saturated rings. The van der Waals surface area contributed by atoms with Crippen molar-refractivity contribution in [1.82, 2.24) is 9.97 Å². The van der Waals surface area contributed by atoms with Crippen molar-refractivity contribution < 1.29 is 9.53 Å². The van der Waals surface area contributed by atoms with E-state index in [-0.39, 0.29) is 5.97 Å². The van der Waals surface area contributed by atoms with Crippen molar-refractivity contribution in [1.29, 1.82) is 0 Å². The number of hydrogen-bond acceptors (Lipinski definition) is 4. The summed E-state index contributed by atoms with van der Waals surface area (Å²) in [5, 5.41) is 0. The second kappa shape index (κ2) is 18.4. The number of nitrogens with zero attached hydrogens (tertiary/aromatic N) is 2. The number of hydrogen-bond donors (Lipinski definition) is 0. The predicted octanol–water partition coefficient (Wildman–Crippen LogP) is 10.4. The fraction of sp³-hybridized carbons (Fsp3) is 0.528. The molecular weight excluding hydrogens is 492 g/mol. The second-order valence-corrected chi connectivity index (χ2v) is 11.3. The normalized spacial score (nSPS) is 11.9. The van der Waals surface area contributed by atoms with Gasteiger partial charge in [0.2, 0.25) is 0 Å². The van der Waals surface area contributed by atoms with E-state index in [9.17, 15) is 4.79 Å². The summed E-state index contributed by atoms with van der Waals surface area (Å²) < 4.78 is 5.44. The summed E-state index contributed by atoms with van der Waals surface area (Å²) in [5.41, 5.74) is 4.75. The molecule has 4 heteroatoms. The quantitative estimate of drug-likeness (QED) is 0.112. The molecule has 0 N–H and O–H groups in total. The Balaban J connectivity index is 1.40. The highest BCUT2D eigenvalue weighted by atomic mass is 16.5. The van der Waals surface area contributed by atoms with E-state index in [1.165, 1.54) is 87.3 Å². The van der Waals surface area contributed by atoms with Crippen molar-refractivity contribution in [3.63, 3.8) is 0 Å². The van der Waals surface area contributed by atoms with Crippen molar-refractivity contribution in [2.45, 2.75) is 117 Å². The van der Waals surface area contributed by atoms with Gasteiger partial charge in [0.15, 0.2) is 11.6 Å². The maximum Gasteiger partial charge on any atom is 0.311 e. The molecular formula is C36H50N2O2. The Morgan fingerprint density at radius 2 is 1.25 bits per heavy atom. The third kappa shape index (κ3) is 11.6. The number of aromatic nitrogens is 2. The lowest BCUT2D eigenvalue weighted by Gasteiger charge is -2.08. The molecule has 1 atom stereocenters. The van der Waals surface area contributed by atoms with Gasteiger partial charge in [-0.15, -0.1) is 0 Å². The number of unbranched alkanes of at least 4 members (excludes halogenated alkanes) is 9. The number of rotatable bonds is 19. The lowest BCUT2D eigenvalue weighted by Crippen LogP contribution is -2.08. The average Bonchev–Trinajstić information content (AvgIpc) is 2.99. The van der Waals surface area contributed by atoms with E-state index < -0.39 is 0 Å². The molecule has 216 valence electrons. The van der Waals surface area contributed by atoms with Crippen LogP contribution in [0.4, 0.5) is 0 Å². The van der Waals surface area contributed by atoms with E-state index in [1.54, 1.807) is 12.4 Å². The second-order valence-electron chi connectivity index (χ2n) is 11.3. The lowest BCUT2D eigenvalue weighted by atomic mass is 10.00. The Hall–Kier alpha value is -3.01. The molecule has 0 aliphatic rings. The first-order valence-corrected chi connectivity index (χ1v) is 15.8. The van der Waals surface area contributed by atoms with Gasteiger partial charge in [-0.05, 0) is 41.9 Å². The molecule has 0 aliphatic carbocycles. The molecule has 0 radical (unpaired) electrons. The van der Waals surface area contributed by atoms with Gasteiger partial charge in [0.25, 0.3) is 0 Å². The Morgan fingerprint density at radius 3 is 1.90 bits per heavy atom. The maximum absolute atomic E-state index is 12.2. The van der Waals surface area contributed by atoms with Crippen molar-refractivity contribution >= 4 is 5.97 Å². The third-order valence-electron chi connectivity index (χ3n) is 7.88. The summed E-state index contributed by atoms with van der Waals surface area (Å²) in [7, 11) is 0. The van der Waals surface area contributed by atoms with Crippen molar-refractivity contribution in [3.8, 4) is 28.3 Å². The van der Waals surface area contributed by atoms with Crippen LogP contribution in [0.2, 0.25) is 0 Å². The van der Waals surface area contributed by atoms with E-state index in [0.717, 1.165) is 30.7 Å². The van der Waals surface area contributed by atoms with Crippen LogP contribution in [-0.4, -0.2) is 15.9 Å². The molecule has 3 aromatic rings. The number of benzene rings is 2. The first kappa shape index (κ1) is 31.5.